The fourth-order valence-electron chi connectivity index (χ4n) is 2.89. The number of amides is 1. The summed E-state index contributed by atoms with van der Waals surface area (Å²) in [5.41, 5.74) is 0.853. The molecule has 2 atom stereocenters. The SMILES string of the molecule is C[C@H]([NH2+][C@@H](C(=O)Nc1ccc(Cl)c([N+](=O)[O-])c1)c1ccccc1)c1ccco1. The summed E-state index contributed by atoms with van der Waals surface area (Å²) in [5.74, 6) is 0.442. The number of anilines is 1. The number of halogens is 1. The molecule has 3 rings (SSSR count). The van der Waals surface area contributed by atoms with Crippen LogP contribution in [-0.4, -0.2) is 10.8 Å². The van der Waals surface area contributed by atoms with Gasteiger partial charge in [0, 0.05) is 17.3 Å². The molecule has 0 aliphatic heterocycles. The molecule has 0 unspecified atom stereocenters. The number of quaternary nitrogens is 1. The molecule has 28 heavy (non-hydrogen) atoms. The largest absolute Gasteiger partial charge is 0.463 e. The lowest BCUT2D eigenvalue weighted by atomic mass is 10.0. The molecule has 0 bridgehead atoms. The second kappa shape index (κ2) is 8.69. The Morgan fingerprint density at radius 1 is 1.18 bits per heavy atom. The van der Waals surface area contributed by atoms with Gasteiger partial charge in [-0.3, -0.25) is 14.9 Å². The van der Waals surface area contributed by atoms with E-state index in [4.69, 9.17) is 16.0 Å². The number of carbonyl (C=O) groups is 1. The maximum Gasteiger partial charge on any atom is 0.289 e. The lowest BCUT2D eigenvalue weighted by molar-refractivity contribution is -0.720. The molecule has 1 heterocycles. The van der Waals surface area contributed by atoms with Gasteiger partial charge < -0.3 is 15.1 Å². The number of rotatable bonds is 7. The number of hydrogen-bond donors (Lipinski definition) is 2. The highest BCUT2D eigenvalue weighted by atomic mass is 35.5. The van der Waals surface area contributed by atoms with Gasteiger partial charge in [-0.1, -0.05) is 41.9 Å². The maximum absolute atomic E-state index is 13.0. The highest BCUT2D eigenvalue weighted by Crippen LogP contribution is 2.27. The van der Waals surface area contributed by atoms with Crippen LogP contribution in [0.5, 0.6) is 0 Å². The lowest BCUT2D eigenvalue weighted by Gasteiger charge is -2.19. The van der Waals surface area contributed by atoms with E-state index in [1.54, 1.807) is 12.3 Å². The Labute approximate surface area is 166 Å². The van der Waals surface area contributed by atoms with Gasteiger partial charge in [-0.15, -0.1) is 0 Å². The van der Waals surface area contributed by atoms with Crippen molar-refractivity contribution in [2.75, 3.05) is 5.32 Å². The average Bonchev–Trinajstić information content (AvgIpc) is 3.22. The molecule has 1 aromatic heterocycles. The number of hydrogen-bond acceptors (Lipinski definition) is 4. The second-order valence-electron chi connectivity index (χ2n) is 6.30. The first-order valence-electron chi connectivity index (χ1n) is 8.64. The summed E-state index contributed by atoms with van der Waals surface area (Å²) in [5, 5.41) is 15.7. The third-order valence-corrected chi connectivity index (χ3v) is 4.64. The van der Waals surface area contributed by atoms with Gasteiger partial charge >= 0.3 is 0 Å². The van der Waals surface area contributed by atoms with Crippen LogP contribution in [-0.2, 0) is 4.79 Å². The number of nitrogens with one attached hydrogen (secondary N) is 1. The van der Waals surface area contributed by atoms with Crippen LogP contribution in [0.15, 0.2) is 71.3 Å². The van der Waals surface area contributed by atoms with E-state index in [0.717, 1.165) is 11.3 Å². The Bertz CT molecular complexity index is 961. The van der Waals surface area contributed by atoms with Crippen molar-refractivity contribution >= 4 is 28.9 Å². The predicted molar refractivity (Wildman–Crippen MR) is 105 cm³/mol. The molecule has 3 N–H and O–H groups in total. The van der Waals surface area contributed by atoms with Crippen LogP contribution in [0.2, 0.25) is 5.02 Å². The lowest BCUT2D eigenvalue weighted by Crippen LogP contribution is -2.87. The molecule has 0 aliphatic rings. The summed E-state index contributed by atoms with van der Waals surface area (Å²) >= 11 is 5.84. The van der Waals surface area contributed by atoms with Gasteiger partial charge in [0.15, 0.2) is 11.8 Å². The van der Waals surface area contributed by atoms with Crippen LogP contribution in [0.25, 0.3) is 0 Å². The van der Waals surface area contributed by atoms with Crippen molar-refractivity contribution in [2.24, 2.45) is 0 Å². The number of carbonyl (C=O) groups excluding carboxylic acids is 1. The van der Waals surface area contributed by atoms with Crippen molar-refractivity contribution in [3.63, 3.8) is 0 Å². The zero-order valence-electron chi connectivity index (χ0n) is 15.0. The van der Waals surface area contributed by atoms with Crippen molar-refractivity contribution in [2.45, 2.75) is 19.0 Å². The first-order chi connectivity index (χ1) is 13.5. The molecule has 7 nitrogen and oxygen atoms in total. The molecular weight excluding hydrogens is 382 g/mol. The van der Waals surface area contributed by atoms with Crippen LogP contribution >= 0.6 is 11.6 Å². The standard InChI is InChI=1S/C20H18ClN3O4/c1-13(18-8-5-11-28-18)22-19(14-6-3-2-4-7-14)20(25)23-15-9-10-16(21)17(12-15)24(26)27/h2-13,19,22H,1H3,(H,23,25)/p+1/t13-,19+/m0/s1. The molecule has 0 aliphatic carbocycles. The molecule has 144 valence electrons. The van der Waals surface area contributed by atoms with Gasteiger partial charge in [0.1, 0.15) is 11.1 Å². The number of nitrogens with zero attached hydrogens (tertiary/aromatic N) is 1. The minimum Gasteiger partial charge on any atom is -0.463 e. The predicted octanol–water partition coefficient (Wildman–Crippen LogP) is 3.85. The Balaban J connectivity index is 1.84. The highest BCUT2D eigenvalue weighted by molar-refractivity contribution is 6.32. The van der Waals surface area contributed by atoms with Gasteiger partial charge in [-0.25, -0.2) is 0 Å². The van der Waals surface area contributed by atoms with Gasteiger partial charge in [-0.2, -0.15) is 0 Å². The molecule has 0 spiro atoms. The van der Waals surface area contributed by atoms with E-state index in [1.165, 1.54) is 18.2 Å². The van der Waals surface area contributed by atoms with Crippen molar-refractivity contribution in [3.05, 3.63) is 93.4 Å². The summed E-state index contributed by atoms with van der Waals surface area (Å²) in [6, 6.07) is 16.4. The van der Waals surface area contributed by atoms with E-state index in [2.05, 4.69) is 5.32 Å². The third kappa shape index (κ3) is 4.57. The maximum atomic E-state index is 13.0. The topological polar surface area (TPSA) is 102 Å². The van der Waals surface area contributed by atoms with Crippen LogP contribution in [0.4, 0.5) is 11.4 Å². The summed E-state index contributed by atoms with van der Waals surface area (Å²) in [4.78, 5) is 23.5. The monoisotopic (exact) mass is 400 g/mol. The van der Waals surface area contributed by atoms with E-state index >= 15 is 0 Å². The normalized spacial score (nSPS) is 12.9. The van der Waals surface area contributed by atoms with Gasteiger partial charge in [0.25, 0.3) is 11.6 Å². The Morgan fingerprint density at radius 2 is 1.93 bits per heavy atom. The molecule has 1 amide bonds. The molecule has 0 radical (unpaired) electrons. The quantitative estimate of drug-likeness (QED) is 0.464. The van der Waals surface area contributed by atoms with Crippen molar-refractivity contribution < 1.29 is 19.5 Å². The van der Waals surface area contributed by atoms with Crippen LogP contribution in [0, 0.1) is 10.1 Å². The molecule has 0 saturated carbocycles. The molecule has 8 heteroatoms. The zero-order chi connectivity index (χ0) is 20.1. The minimum absolute atomic E-state index is 0.0145. The number of furan rings is 1. The van der Waals surface area contributed by atoms with Crippen LogP contribution in [0.3, 0.4) is 0 Å². The van der Waals surface area contributed by atoms with Crippen molar-refractivity contribution in [1.29, 1.82) is 0 Å². The van der Waals surface area contributed by atoms with E-state index < -0.39 is 11.0 Å². The van der Waals surface area contributed by atoms with Gasteiger partial charge in [-0.05, 0) is 31.2 Å². The van der Waals surface area contributed by atoms with Gasteiger partial charge in [0.2, 0.25) is 0 Å². The van der Waals surface area contributed by atoms with E-state index in [0.29, 0.717) is 5.69 Å². The zero-order valence-corrected chi connectivity index (χ0v) is 15.8. The van der Waals surface area contributed by atoms with E-state index in [9.17, 15) is 14.9 Å². The molecule has 0 fully saturated rings. The molecule has 2 aromatic carbocycles. The number of nitrogens with two attached hydrogens (primary N) is 1. The molecule has 0 saturated heterocycles. The summed E-state index contributed by atoms with van der Waals surface area (Å²) < 4.78 is 5.43. The van der Waals surface area contributed by atoms with Gasteiger partial charge in [0.05, 0.1) is 11.2 Å². The van der Waals surface area contributed by atoms with Crippen LogP contribution in [0.1, 0.15) is 30.3 Å². The van der Waals surface area contributed by atoms with Crippen molar-refractivity contribution in [3.8, 4) is 0 Å². The van der Waals surface area contributed by atoms with Crippen LogP contribution < -0.4 is 10.6 Å². The fourth-order valence-corrected chi connectivity index (χ4v) is 3.08. The summed E-state index contributed by atoms with van der Waals surface area (Å²) in [6.45, 7) is 1.94. The minimum atomic E-state index is -0.586. The fraction of sp³-hybridized carbons (Fsp3) is 0.150. The molecular formula is C20H19ClN3O4+. The Hall–Kier alpha value is -3.16. The highest BCUT2D eigenvalue weighted by Gasteiger charge is 2.28. The smallest absolute Gasteiger partial charge is 0.289 e. The van der Waals surface area contributed by atoms with E-state index in [-0.39, 0.29) is 22.7 Å². The number of benzene rings is 2. The first kappa shape index (κ1) is 19.6. The average molecular weight is 401 g/mol. The Morgan fingerprint density at radius 3 is 2.57 bits per heavy atom. The third-order valence-electron chi connectivity index (χ3n) is 4.32. The molecule has 3 aromatic rings. The summed E-state index contributed by atoms with van der Waals surface area (Å²) in [7, 11) is 0. The number of nitro groups is 1. The summed E-state index contributed by atoms with van der Waals surface area (Å²) in [6.07, 6.45) is 1.59. The second-order valence-corrected chi connectivity index (χ2v) is 6.70. The van der Waals surface area contributed by atoms with Crippen molar-refractivity contribution in [1.82, 2.24) is 0 Å². The number of nitro benzene ring substituents is 1. The van der Waals surface area contributed by atoms with E-state index in [1.807, 2.05) is 48.6 Å². The first-order valence-corrected chi connectivity index (χ1v) is 9.01. The Kier molecular flexibility index (Phi) is 6.08.